The number of hydrogen-bond acceptors (Lipinski definition) is 6. The molecule has 0 N–H and O–H groups in total. The molecule has 3 aromatic rings. The quantitative estimate of drug-likeness (QED) is 0.386. The molecule has 0 amide bonds. The van der Waals surface area contributed by atoms with Crippen LogP contribution >= 0.6 is 11.6 Å². The van der Waals surface area contributed by atoms with Crippen molar-refractivity contribution in [2.75, 3.05) is 13.2 Å². The van der Waals surface area contributed by atoms with E-state index in [-0.39, 0.29) is 24.1 Å². The molecule has 0 saturated heterocycles. The van der Waals surface area contributed by atoms with Gasteiger partial charge in [0.15, 0.2) is 11.1 Å². The lowest BCUT2D eigenvalue weighted by Gasteiger charge is -2.15. The Morgan fingerprint density at radius 1 is 0.962 bits per heavy atom. The largest absolute Gasteiger partial charge is 0.465 e. The second-order valence-corrected chi connectivity index (χ2v) is 5.88. The Bertz CT molecular complexity index is 972. The molecule has 0 radical (unpaired) electrons. The highest BCUT2D eigenvalue weighted by molar-refractivity contribution is 6.31. The highest BCUT2D eigenvalue weighted by Gasteiger charge is 2.35. The number of rotatable bonds is 5. The van der Waals surface area contributed by atoms with Crippen LogP contribution in [-0.4, -0.2) is 35.1 Å². The second-order valence-electron chi connectivity index (χ2n) is 5.52. The maximum Gasteiger partial charge on any atom is 0.326 e. The first-order valence-electron chi connectivity index (χ1n) is 8.24. The van der Waals surface area contributed by atoms with Gasteiger partial charge in [0, 0.05) is 0 Å². The molecule has 0 unspecified atom stereocenters. The zero-order chi connectivity index (χ0) is 18.7. The molecule has 0 spiro atoms. The molecule has 0 fully saturated rings. The zero-order valence-corrected chi connectivity index (χ0v) is 15.1. The second kappa shape index (κ2) is 7.66. The lowest BCUT2D eigenvalue weighted by Crippen LogP contribution is -2.27. The number of nitrogens with zero attached hydrogens (tertiary/aromatic N) is 2. The Kier molecular flexibility index (Phi) is 5.32. The summed E-state index contributed by atoms with van der Waals surface area (Å²) in [6.45, 7) is 3.55. The molecule has 2 aromatic carbocycles. The standard InChI is InChI=1S/C19H17ClN2O4/c1-3-25-18(23)15(19(24)26-4-2)16-17(20)22-14-10-12-8-6-5-7-11(12)9-13(14)21-16/h5-10,15H,3-4H2,1-2H3. The number of fused-ring (bicyclic) bond motifs is 2. The maximum absolute atomic E-state index is 12.3. The van der Waals surface area contributed by atoms with E-state index < -0.39 is 17.9 Å². The molecule has 0 aliphatic rings. The first-order chi connectivity index (χ1) is 12.5. The van der Waals surface area contributed by atoms with Crippen LogP contribution in [0.15, 0.2) is 36.4 Å². The molecule has 0 aliphatic carbocycles. The van der Waals surface area contributed by atoms with E-state index >= 15 is 0 Å². The minimum atomic E-state index is -1.37. The molecule has 134 valence electrons. The average molecular weight is 373 g/mol. The zero-order valence-electron chi connectivity index (χ0n) is 14.4. The molecular weight excluding hydrogens is 356 g/mol. The van der Waals surface area contributed by atoms with Gasteiger partial charge in [-0.25, -0.2) is 9.97 Å². The van der Waals surface area contributed by atoms with Gasteiger partial charge < -0.3 is 9.47 Å². The first kappa shape index (κ1) is 18.1. The van der Waals surface area contributed by atoms with Crippen LogP contribution in [0.5, 0.6) is 0 Å². The third-order valence-corrected chi connectivity index (χ3v) is 4.11. The number of esters is 2. The monoisotopic (exact) mass is 372 g/mol. The van der Waals surface area contributed by atoms with Crippen molar-refractivity contribution in [2.45, 2.75) is 19.8 Å². The van der Waals surface area contributed by atoms with Crippen molar-refractivity contribution in [1.82, 2.24) is 9.97 Å². The fraction of sp³-hybridized carbons (Fsp3) is 0.263. The summed E-state index contributed by atoms with van der Waals surface area (Å²) >= 11 is 6.25. The number of ether oxygens (including phenoxy) is 2. The molecule has 0 saturated carbocycles. The Labute approximate surface area is 155 Å². The summed E-state index contributed by atoms with van der Waals surface area (Å²) < 4.78 is 9.99. The topological polar surface area (TPSA) is 78.4 Å². The number of halogens is 1. The van der Waals surface area contributed by atoms with Gasteiger partial charge in [-0.15, -0.1) is 0 Å². The van der Waals surface area contributed by atoms with E-state index in [1.54, 1.807) is 13.8 Å². The predicted molar refractivity (Wildman–Crippen MR) is 98.1 cm³/mol. The number of benzene rings is 2. The number of aromatic nitrogens is 2. The van der Waals surface area contributed by atoms with Gasteiger partial charge in [-0.1, -0.05) is 35.9 Å². The molecule has 1 aromatic heterocycles. The third kappa shape index (κ3) is 3.46. The van der Waals surface area contributed by atoms with Gasteiger partial charge in [-0.2, -0.15) is 0 Å². The van der Waals surface area contributed by atoms with Crippen LogP contribution < -0.4 is 0 Å². The maximum atomic E-state index is 12.3. The van der Waals surface area contributed by atoms with E-state index in [2.05, 4.69) is 9.97 Å². The predicted octanol–water partition coefficient (Wildman–Crippen LogP) is 3.65. The smallest absolute Gasteiger partial charge is 0.326 e. The molecule has 1 heterocycles. The van der Waals surface area contributed by atoms with Crippen LogP contribution in [0.4, 0.5) is 0 Å². The van der Waals surface area contributed by atoms with Gasteiger partial charge >= 0.3 is 11.9 Å². The first-order valence-corrected chi connectivity index (χ1v) is 8.62. The van der Waals surface area contributed by atoms with Crippen LogP contribution in [-0.2, 0) is 19.1 Å². The van der Waals surface area contributed by atoms with Crippen molar-refractivity contribution in [3.05, 3.63) is 47.2 Å². The van der Waals surface area contributed by atoms with E-state index in [1.807, 2.05) is 36.4 Å². The van der Waals surface area contributed by atoms with Gasteiger partial charge in [-0.05, 0) is 36.8 Å². The van der Waals surface area contributed by atoms with Crippen molar-refractivity contribution >= 4 is 45.3 Å². The van der Waals surface area contributed by atoms with Crippen molar-refractivity contribution in [3.63, 3.8) is 0 Å². The van der Waals surface area contributed by atoms with Crippen LogP contribution in [0, 0.1) is 0 Å². The Morgan fingerprint density at radius 3 is 1.96 bits per heavy atom. The fourth-order valence-corrected chi connectivity index (χ4v) is 2.93. The molecule has 0 aliphatic heterocycles. The lowest BCUT2D eigenvalue weighted by atomic mass is 10.1. The molecule has 6 nitrogen and oxygen atoms in total. The summed E-state index contributed by atoms with van der Waals surface area (Å²) in [6.07, 6.45) is 0. The van der Waals surface area contributed by atoms with Crippen LogP contribution in [0.1, 0.15) is 25.5 Å². The summed E-state index contributed by atoms with van der Waals surface area (Å²) in [5.41, 5.74) is 1.14. The summed E-state index contributed by atoms with van der Waals surface area (Å²) in [5, 5.41) is 1.93. The SMILES string of the molecule is CCOC(=O)C(C(=O)OCC)c1nc2cc3ccccc3cc2nc1Cl. The molecular formula is C19H17ClN2O4. The fourth-order valence-electron chi connectivity index (χ4n) is 2.69. The van der Waals surface area contributed by atoms with E-state index in [9.17, 15) is 9.59 Å². The molecule has 0 bridgehead atoms. The van der Waals surface area contributed by atoms with Gasteiger partial charge in [0.05, 0.1) is 24.2 Å². The normalized spacial score (nSPS) is 11.1. The number of carbonyl (C=O) groups is 2. The van der Waals surface area contributed by atoms with Crippen molar-refractivity contribution in [1.29, 1.82) is 0 Å². The van der Waals surface area contributed by atoms with Gasteiger partial charge in [0.25, 0.3) is 0 Å². The summed E-state index contributed by atoms with van der Waals surface area (Å²) in [7, 11) is 0. The van der Waals surface area contributed by atoms with Crippen molar-refractivity contribution < 1.29 is 19.1 Å². The highest BCUT2D eigenvalue weighted by atomic mass is 35.5. The van der Waals surface area contributed by atoms with Crippen LogP contribution in [0.25, 0.3) is 21.8 Å². The Morgan fingerprint density at radius 2 is 1.46 bits per heavy atom. The molecule has 7 heteroatoms. The van der Waals surface area contributed by atoms with E-state index in [0.717, 1.165) is 10.8 Å². The molecule has 0 atom stereocenters. The number of carbonyl (C=O) groups excluding carboxylic acids is 2. The highest BCUT2D eigenvalue weighted by Crippen LogP contribution is 2.28. The van der Waals surface area contributed by atoms with Crippen LogP contribution in [0.2, 0.25) is 5.15 Å². The van der Waals surface area contributed by atoms with Crippen molar-refractivity contribution in [2.24, 2.45) is 0 Å². The average Bonchev–Trinajstić information content (AvgIpc) is 2.61. The third-order valence-electron chi connectivity index (χ3n) is 3.83. The summed E-state index contributed by atoms with van der Waals surface area (Å²) in [6, 6.07) is 11.4. The minimum Gasteiger partial charge on any atom is -0.465 e. The Hall–Kier alpha value is -2.73. The van der Waals surface area contributed by atoms with Crippen LogP contribution in [0.3, 0.4) is 0 Å². The summed E-state index contributed by atoms with van der Waals surface area (Å²) in [4.78, 5) is 33.4. The van der Waals surface area contributed by atoms with E-state index in [0.29, 0.717) is 11.0 Å². The summed E-state index contributed by atoms with van der Waals surface area (Å²) in [5.74, 6) is -2.89. The van der Waals surface area contributed by atoms with E-state index in [4.69, 9.17) is 21.1 Å². The lowest BCUT2D eigenvalue weighted by molar-refractivity contribution is -0.157. The van der Waals surface area contributed by atoms with E-state index in [1.165, 1.54) is 0 Å². The minimum absolute atomic E-state index is 0.0288. The Balaban J connectivity index is 2.16. The molecule has 3 rings (SSSR count). The van der Waals surface area contributed by atoms with Gasteiger partial charge in [0.2, 0.25) is 0 Å². The van der Waals surface area contributed by atoms with Crippen molar-refractivity contribution in [3.8, 4) is 0 Å². The van der Waals surface area contributed by atoms with Gasteiger partial charge in [0.1, 0.15) is 5.69 Å². The number of hydrogen-bond donors (Lipinski definition) is 0. The van der Waals surface area contributed by atoms with Gasteiger partial charge in [-0.3, -0.25) is 9.59 Å². The molecule has 26 heavy (non-hydrogen) atoms.